The molecule has 0 saturated heterocycles. The van der Waals surface area contributed by atoms with E-state index in [0.717, 1.165) is 25.7 Å². The Bertz CT molecular complexity index is 685. The molecule has 1 atom stereocenters. The molecule has 0 aliphatic heterocycles. The first-order valence-corrected chi connectivity index (χ1v) is 10.0. The first-order valence-electron chi connectivity index (χ1n) is 8.53. The maximum absolute atomic E-state index is 12.0. The molecule has 1 aliphatic rings. The normalized spacial score (nSPS) is 16.4. The molecule has 0 bridgehead atoms. The van der Waals surface area contributed by atoms with Crippen molar-refractivity contribution in [1.29, 1.82) is 0 Å². The van der Waals surface area contributed by atoms with E-state index in [2.05, 4.69) is 15.4 Å². The molecular weight excluding hydrogens is 342 g/mol. The summed E-state index contributed by atoms with van der Waals surface area (Å²) in [5.41, 5.74) is 0. The maximum atomic E-state index is 12.0. The van der Waals surface area contributed by atoms with E-state index in [4.69, 9.17) is 0 Å². The van der Waals surface area contributed by atoms with Crippen LogP contribution in [0.15, 0.2) is 35.2 Å². The van der Waals surface area contributed by atoms with Crippen molar-refractivity contribution >= 4 is 21.8 Å². The van der Waals surface area contributed by atoms with Crippen molar-refractivity contribution in [2.45, 2.75) is 56.0 Å². The highest BCUT2D eigenvalue weighted by Crippen LogP contribution is 2.17. The molecule has 0 aromatic heterocycles. The summed E-state index contributed by atoms with van der Waals surface area (Å²) in [5, 5.41) is 5.51. The zero-order valence-corrected chi connectivity index (χ0v) is 15.1. The molecule has 1 saturated carbocycles. The van der Waals surface area contributed by atoms with Crippen molar-refractivity contribution in [2.75, 3.05) is 6.54 Å². The van der Waals surface area contributed by atoms with E-state index < -0.39 is 16.1 Å². The third-order valence-electron chi connectivity index (χ3n) is 4.17. The number of carbonyl (C=O) groups is 2. The van der Waals surface area contributed by atoms with E-state index in [-0.39, 0.29) is 35.7 Å². The van der Waals surface area contributed by atoms with Gasteiger partial charge in [-0.2, -0.15) is 0 Å². The minimum absolute atomic E-state index is 0.0278. The summed E-state index contributed by atoms with van der Waals surface area (Å²) in [6, 6.07) is 7.51. The van der Waals surface area contributed by atoms with E-state index in [0.29, 0.717) is 0 Å². The number of benzene rings is 1. The van der Waals surface area contributed by atoms with Gasteiger partial charge in [0.05, 0.1) is 4.90 Å². The topological polar surface area (TPSA) is 104 Å². The Morgan fingerprint density at radius 2 is 1.80 bits per heavy atom. The zero-order chi connectivity index (χ0) is 18.3. The summed E-state index contributed by atoms with van der Waals surface area (Å²) >= 11 is 0. The quantitative estimate of drug-likeness (QED) is 0.635. The lowest BCUT2D eigenvalue weighted by molar-refractivity contribution is -0.128. The number of nitrogens with one attached hydrogen (secondary N) is 3. The molecule has 1 unspecified atom stereocenters. The molecule has 1 aromatic rings. The van der Waals surface area contributed by atoms with E-state index in [1.165, 1.54) is 12.1 Å². The molecule has 2 rings (SSSR count). The molecule has 1 fully saturated rings. The van der Waals surface area contributed by atoms with Crippen LogP contribution in [0.5, 0.6) is 0 Å². The maximum Gasteiger partial charge on any atom is 0.242 e. The number of hydrogen-bond donors (Lipinski definition) is 3. The van der Waals surface area contributed by atoms with Crippen LogP contribution in [0.25, 0.3) is 0 Å². The van der Waals surface area contributed by atoms with Crippen LogP contribution in [0.1, 0.15) is 39.0 Å². The fraction of sp³-hybridized carbons (Fsp3) is 0.529. The molecule has 25 heavy (non-hydrogen) atoms. The van der Waals surface area contributed by atoms with Crippen LogP contribution < -0.4 is 15.4 Å². The second-order valence-electron chi connectivity index (χ2n) is 6.24. The van der Waals surface area contributed by atoms with Gasteiger partial charge < -0.3 is 10.6 Å². The van der Waals surface area contributed by atoms with Crippen molar-refractivity contribution in [3.8, 4) is 0 Å². The van der Waals surface area contributed by atoms with Gasteiger partial charge in [-0.15, -0.1) is 0 Å². The lowest BCUT2D eigenvalue weighted by Crippen LogP contribution is -2.47. The Kier molecular flexibility index (Phi) is 6.95. The third kappa shape index (κ3) is 6.13. The number of sulfonamides is 1. The summed E-state index contributed by atoms with van der Waals surface area (Å²) in [5.74, 6) is -0.574. The second-order valence-corrected chi connectivity index (χ2v) is 8.01. The Morgan fingerprint density at radius 1 is 1.16 bits per heavy atom. The van der Waals surface area contributed by atoms with Crippen molar-refractivity contribution in [3.63, 3.8) is 0 Å². The van der Waals surface area contributed by atoms with E-state index >= 15 is 0 Å². The number of amides is 2. The fourth-order valence-electron chi connectivity index (χ4n) is 2.76. The first-order chi connectivity index (χ1) is 11.9. The molecule has 1 aliphatic carbocycles. The van der Waals surface area contributed by atoms with Gasteiger partial charge >= 0.3 is 0 Å². The minimum atomic E-state index is -3.63. The summed E-state index contributed by atoms with van der Waals surface area (Å²) in [6.45, 7) is 1.59. The average Bonchev–Trinajstić information content (AvgIpc) is 3.08. The van der Waals surface area contributed by atoms with Crippen LogP contribution in [0.3, 0.4) is 0 Å². The Labute approximate surface area is 148 Å². The van der Waals surface area contributed by atoms with Gasteiger partial charge in [0.2, 0.25) is 21.8 Å². The Morgan fingerprint density at radius 3 is 2.44 bits per heavy atom. The first kappa shape index (κ1) is 19.4. The van der Waals surface area contributed by atoms with Gasteiger partial charge in [0.1, 0.15) is 6.04 Å². The molecule has 8 heteroatoms. The largest absolute Gasteiger partial charge is 0.352 e. The van der Waals surface area contributed by atoms with Crippen LogP contribution in [0.4, 0.5) is 0 Å². The SMILES string of the molecule is CC(NC(=O)CCNS(=O)(=O)c1ccccc1)C(=O)NC1CCCC1. The smallest absolute Gasteiger partial charge is 0.242 e. The number of carbonyl (C=O) groups excluding carboxylic acids is 2. The van der Waals surface area contributed by atoms with Gasteiger partial charge in [-0.25, -0.2) is 13.1 Å². The van der Waals surface area contributed by atoms with Crippen LogP contribution in [0.2, 0.25) is 0 Å². The summed E-state index contributed by atoms with van der Waals surface area (Å²) in [6.07, 6.45) is 4.16. The van der Waals surface area contributed by atoms with E-state index in [9.17, 15) is 18.0 Å². The van der Waals surface area contributed by atoms with Crippen LogP contribution in [-0.4, -0.2) is 38.9 Å². The predicted octanol–water partition coefficient (Wildman–Crippen LogP) is 0.919. The van der Waals surface area contributed by atoms with Crippen molar-refractivity contribution in [1.82, 2.24) is 15.4 Å². The van der Waals surface area contributed by atoms with Gasteiger partial charge in [0.15, 0.2) is 0 Å². The molecule has 0 spiro atoms. The highest BCUT2D eigenvalue weighted by molar-refractivity contribution is 7.89. The van der Waals surface area contributed by atoms with Gasteiger partial charge in [-0.05, 0) is 31.9 Å². The van der Waals surface area contributed by atoms with Gasteiger partial charge in [-0.1, -0.05) is 31.0 Å². The zero-order valence-electron chi connectivity index (χ0n) is 14.3. The van der Waals surface area contributed by atoms with Gasteiger partial charge in [0.25, 0.3) is 0 Å². The highest BCUT2D eigenvalue weighted by Gasteiger charge is 2.21. The van der Waals surface area contributed by atoms with Crippen molar-refractivity contribution in [3.05, 3.63) is 30.3 Å². The fourth-order valence-corrected chi connectivity index (χ4v) is 3.81. The number of hydrogen-bond acceptors (Lipinski definition) is 4. The number of rotatable bonds is 8. The molecule has 2 amide bonds. The third-order valence-corrected chi connectivity index (χ3v) is 5.65. The lowest BCUT2D eigenvalue weighted by Gasteiger charge is -2.17. The molecule has 3 N–H and O–H groups in total. The molecule has 7 nitrogen and oxygen atoms in total. The second kappa shape index (κ2) is 8.96. The molecule has 138 valence electrons. The lowest BCUT2D eigenvalue weighted by atomic mass is 10.2. The molecule has 0 heterocycles. The van der Waals surface area contributed by atoms with Crippen LogP contribution in [0, 0.1) is 0 Å². The Balaban J connectivity index is 1.72. The van der Waals surface area contributed by atoms with Crippen LogP contribution in [-0.2, 0) is 19.6 Å². The van der Waals surface area contributed by atoms with E-state index in [1.807, 2.05) is 0 Å². The summed E-state index contributed by atoms with van der Waals surface area (Å²) < 4.78 is 26.4. The summed E-state index contributed by atoms with van der Waals surface area (Å²) in [7, 11) is -3.63. The average molecular weight is 367 g/mol. The standard InChI is InChI=1S/C17H25N3O4S/c1-13(17(22)20-14-7-5-6-8-14)19-16(21)11-12-18-25(23,24)15-9-3-2-4-10-15/h2-4,9-10,13-14,18H,5-8,11-12H2,1H3,(H,19,21)(H,20,22). The van der Waals surface area contributed by atoms with Gasteiger partial charge in [0, 0.05) is 19.0 Å². The Hall–Kier alpha value is -1.93. The van der Waals surface area contributed by atoms with Crippen molar-refractivity contribution < 1.29 is 18.0 Å². The predicted molar refractivity (Wildman–Crippen MR) is 94.3 cm³/mol. The molecule has 0 radical (unpaired) electrons. The molecular formula is C17H25N3O4S. The van der Waals surface area contributed by atoms with Crippen molar-refractivity contribution in [2.24, 2.45) is 0 Å². The highest BCUT2D eigenvalue weighted by atomic mass is 32.2. The summed E-state index contributed by atoms with van der Waals surface area (Å²) in [4.78, 5) is 24.1. The van der Waals surface area contributed by atoms with Gasteiger partial charge in [-0.3, -0.25) is 9.59 Å². The van der Waals surface area contributed by atoms with E-state index in [1.54, 1.807) is 25.1 Å². The minimum Gasteiger partial charge on any atom is -0.352 e. The molecule has 1 aromatic carbocycles. The monoisotopic (exact) mass is 367 g/mol. The van der Waals surface area contributed by atoms with Crippen LogP contribution >= 0.6 is 0 Å².